The van der Waals surface area contributed by atoms with E-state index in [0.29, 0.717) is 17.7 Å². The van der Waals surface area contributed by atoms with Gasteiger partial charge >= 0.3 is 0 Å². The average Bonchev–Trinajstić information content (AvgIpc) is 2.22. The Morgan fingerprint density at radius 3 is 2.53 bits per heavy atom. The zero-order chi connectivity index (χ0) is 11.4. The van der Waals surface area contributed by atoms with Gasteiger partial charge in [0.05, 0.1) is 11.8 Å². The van der Waals surface area contributed by atoms with Crippen LogP contribution in [0.25, 0.3) is 0 Å². The fourth-order valence-corrected chi connectivity index (χ4v) is 1.63. The Hall–Kier alpha value is -1.22. The first-order chi connectivity index (χ1) is 7.10. The molecule has 0 bridgehead atoms. The van der Waals surface area contributed by atoms with Gasteiger partial charge in [-0.05, 0) is 30.5 Å². The lowest BCUT2D eigenvalue weighted by Gasteiger charge is -2.14. The lowest BCUT2D eigenvalue weighted by Crippen LogP contribution is -2.01. The van der Waals surface area contributed by atoms with Gasteiger partial charge in [-0.1, -0.05) is 20.3 Å². The summed E-state index contributed by atoms with van der Waals surface area (Å²) in [5.41, 5.74) is 7.60. The summed E-state index contributed by atoms with van der Waals surface area (Å²) in [4.78, 5) is 0. The number of aryl methyl sites for hydroxylation is 1. The van der Waals surface area contributed by atoms with E-state index < -0.39 is 6.10 Å². The monoisotopic (exact) mass is 209 g/mol. The predicted octanol–water partition coefficient (Wildman–Crippen LogP) is 2.37. The Balaban J connectivity index is 3.09. The zero-order valence-corrected chi connectivity index (χ0v) is 9.33. The normalized spacial score (nSPS) is 12.7. The number of phenolic OH excluding ortho intramolecular Hbond substituents is 1. The molecule has 0 heterocycles. The first-order valence-electron chi connectivity index (χ1n) is 5.39. The van der Waals surface area contributed by atoms with Crippen molar-refractivity contribution < 1.29 is 10.2 Å². The molecule has 84 valence electrons. The van der Waals surface area contributed by atoms with Crippen LogP contribution in [0.1, 0.15) is 43.9 Å². The lowest BCUT2D eigenvalue weighted by molar-refractivity contribution is 0.163. The van der Waals surface area contributed by atoms with Crippen LogP contribution in [0.5, 0.6) is 5.75 Å². The molecule has 1 rings (SSSR count). The number of rotatable bonds is 4. The van der Waals surface area contributed by atoms with Gasteiger partial charge in [-0.2, -0.15) is 0 Å². The number of aliphatic hydroxyl groups excluding tert-OH is 1. The molecule has 3 nitrogen and oxygen atoms in total. The molecule has 0 aromatic heterocycles. The Bertz CT molecular complexity index is 337. The molecule has 0 aliphatic heterocycles. The summed E-state index contributed by atoms with van der Waals surface area (Å²) in [5.74, 6) is 0.0214. The van der Waals surface area contributed by atoms with E-state index in [-0.39, 0.29) is 5.75 Å². The fraction of sp³-hybridized carbons (Fsp3) is 0.500. The van der Waals surface area contributed by atoms with Gasteiger partial charge in [0.15, 0.2) is 0 Å². The minimum absolute atomic E-state index is 0.0214. The highest BCUT2D eigenvalue weighted by atomic mass is 16.3. The largest absolute Gasteiger partial charge is 0.505 e. The highest BCUT2D eigenvalue weighted by Gasteiger charge is 2.14. The van der Waals surface area contributed by atoms with E-state index in [0.717, 1.165) is 18.4 Å². The molecule has 0 fully saturated rings. The van der Waals surface area contributed by atoms with Gasteiger partial charge < -0.3 is 15.9 Å². The third kappa shape index (κ3) is 2.63. The number of hydrogen-bond acceptors (Lipinski definition) is 3. The molecule has 1 aromatic rings. The maximum Gasteiger partial charge on any atom is 0.144 e. The second-order valence-corrected chi connectivity index (χ2v) is 3.78. The highest BCUT2D eigenvalue weighted by Crippen LogP contribution is 2.33. The second-order valence-electron chi connectivity index (χ2n) is 3.78. The van der Waals surface area contributed by atoms with E-state index in [4.69, 9.17) is 5.73 Å². The summed E-state index contributed by atoms with van der Waals surface area (Å²) in [6, 6.07) is 3.57. The van der Waals surface area contributed by atoms with E-state index in [1.807, 2.05) is 19.9 Å². The molecular formula is C12H19NO2. The van der Waals surface area contributed by atoms with E-state index in [1.54, 1.807) is 6.07 Å². The van der Waals surface area contributed by atoms with Crippen LogP contribution in [-0.2, 0) is 6.42 Å². The predicted molar refractivity (Wildman–Crippen MR) is 61.8 cm³/mol. The maximum atomic E-state index is 9.83. The number of nitrogen functional groups attached to an aromatic ring is 1. The third-order valence-corrected chi connectivity index (χ3v) is 2.56. The van der Waals surface area contributed by atoms with Crippen LogP contribution in [0.15, 0.2) is 12.1 Å². The van der Waals surface area contributed by atoms with Gasteiger partial charge in [0.25, 0.3) is 0 Å². The molecule has 0 spiro atoms. The van der Waals surface area contributed by atoms with Crippen molar-refractivity contribution in [3.8, 4) is 5.75 Å². The zero-order valence-electron chi connectivity index (χ0n) is 9.33. The molecule has 1 atom stereocenters. The second kappa shape index (κ2) is 5.03. The third-order valence-electron chi connectivity index (χ3n) is 2.56. The molecule has 3 heteroatoms. The van der Waals surface area contributed by atoms with Gasteiger partial charge in [-0.25, -0.2) is 0 Å². The summed E-state index contributed by atoms with van der Waals surface area (Å²) in [6.45, 7) is 4.01. The van der Waals surface area contributed by atoms with E-state index >= 15 is 0 Å². The van der Waals surface area contributed by atoms with Crippen LogP contribution in [-0.4, -0.2) is 10.2 Å². The molecule has 4 N–H and O–H groups in total. The molecule has 0 radical (unpaired) electrons. The number of benzene rings is 1. The highest BCUT2D eigenvalue weighted by molar-refractivity contribution is 5.58. The summed E-state index contributed by atoms with van der Waals surface area (Å²) >= 11 is 0. The summed E-state index contributed by atoms with van der Waals surface area (Å²) in [7, 11) is 0. The number of aromatic hydroxyl groups is 1. The first-order valence-corrected chi connectivity index (χ1v) is 5.39. The lowest BCUT2D eigenvalue weighted by atomic mass is 9.99. The van der Waals surface area contributed by atoms with Crippen molar-refractivity contribution in [2.75, 3.05) is 5.73 Å². The van der Waals surface area contributed by atoms with E-state index in [2.05, 4.69) is 0 Å². The summed E-state index contributed by atoms with van der Waals surface area (Å²) in [5, 5.41) is 19.6. The summed E-state index contributed by atoms with van der Waals surface area (Å²) in [6.07, 6.45) is 1.73. The van der Waals surface area contributed by atoms with Crippen molar-refractivity contribution in [1.82, 2.24) is 0 Å². The van der Waals surface area contributed by atoms with Gasteiger partial charge in [0.1, 0.15) is 5.75 Å². The number of anilines is 1. The number of phenols is 1. The van der Waals surface area contributed by atoms with E-state index in [1.165, 1.54) is 0 Å². The SMILES string of the molecule is CCCC(O)c1cc(CC)cc(N)c1O. The van der Waals surface area contributed by atoms with Crippen LogP contribution in [0, 0.1) is 0 Å². The summed E-state index contributed by atoms with van der Waals surface area (Å²) < 4.78 is 0. The Labute approximate surface area is 90.5 Å². The van der Waals surface area contributed by atoms with Crippen LogP contribution < -0.4 is 5.73 Å². The van der Waals surface area contributed by atoms with Crippen molar-refractivity contribution in [1.29, 1.82) is 0 Å². The fourth-order valence-electron chi connectivity index (χ4n) is 1.63. The van der Waals surface area contributed by atoms with Crippen molar-refractivity contribution in [3.63, 3.8) is 0 Å². The van der Waals surface area contributed by atoms with E-state index in [9.17, 15) is 10.2 Å². The molecule has 1 aromatic carbocycles. The minimum atomic E-state index is -0.621. The van der Waals surface area contributed by atoms with Crippen LogP contribution >= 0.6 is 0 Å². The van der Waals surface area contributed by atoms with Gasteiger partial charge in [-0.15, -0.1) is 0 Å². The average molecular weight is 209 g/mol. The van der Waals surface area contributed by atoms with Crippen molar-refractivity contribution in [2.24, 2.45) is 0 Å². The minimum Gasteiger partial charge on any atom is -0.505 e. The molecule has 0 saturated heterocycles. The Morgan fingerprint density at radius 1 is 1.33 bits per heavy atom. The van der Waals surface area contributed by atoms with Crippen LogP contribution in [0.3, 0.4) is 0 Å². The van der Waals surface area contributed by atoms with Crippen LogP contribution in [0.4, 0.5) is 5.69 Å². The molecule has 0 aliphatic rings. The standard InChI is InChI=1S/C12H19NO2/c1-3-5-11(14)9-6-8(4-2)7-10(13)12(9)15/h6-7,11,14-15H,3-5,13H2,1-2H3. The quantitative estimate of drug-likeness (QED) is 0.527. The number of nitrogens with two attached hydrogens (primary N) is 1. The topological polar surface area (TPSA) is 66.5 Å². The van der Waals surface area contributed by atoms with Gasteiger partial charge in [0, 0.05) is 5.56 Å². The van der Waals surface area contributed by atoms with Crippen molar-refractivity contribution in [2.45, 2.75) is 39.2 Å². The molecule has 1 unspecified atom stereocenters. The van der Waals surface area contributed by atoms with Gasteiger partial charge in [-0.3, -0.25) is 0 Å². The van der Waals surface area contributed by atoms with Crippen molar-refractivity contribution in [3.05, 3.63) is 23.3 Å². The number of aliphatic hydroxyl groups is 1. The molecule has 15 heavy (non-hydrogen) atoms. The Kier molecular flexibility index (Phi) is 3.97. The first kappa shape index (κ1) is 11.9. The van der Waals surface area contributed by atoms with Crippen LogP contribution in [0.2, 0.25) is 0 Å². The molecule has 0 saturated carbocycles. The molecule has 0 amide bonds. The Morgan fingerprint density at radius 2 is 2.00 bits per heavy atom. The van der Waals surface area contributed by atoms with Gasteiger partial charge in [0.2, 0.25) is 0 Å². The molecular weight excluding hydrogens is 190 g/mol. The number of hydrogen-bond donors (Lipinski definition) is 3. The molecule has 0 aliphatic carbocycles. The maximum absolute atomic E-state index is 9.83. The van der Waals surface area contributed by atoms with Crippen molar-refractivity contribution >= 4 is 5.69 Å². The smallest absolute Gasteiger partial charge is 0.144 e.